The summed E-state index contributed by atoms with van der Waals surface area (Å²) in [6.45, 7) is 4.66. The second-order valence-corrected chi connectivity index (χ2v) is 6.84. The third kappa shape index (κ3) is 3.07. The predicted octanol–water partition coefficient (Wildman–Crippen LogP) is 3.39. The molecule has 3 N–H and O–H groups in total. The molecule has 2 unspecified atom stereocenters. The normalized spacial score (nSPS) is 26.3. The van der Waals surface area contributed by atoms with Crippen molar-refractivity contribution in [2.45, 2.75) is 45.1 Å². The minimum absolute atomic E-state index is 0.0111. The zero-order valence-electron chi connectivity index (χ0n) is 12.2. The van der Waals surface area contributed by atoms with Gasteiger partial charge in [-0.25, -0.2) is 0 Å². The predicted molar refractivity (Wildman–Crippen MR) is 85.8 cm³/mol. The summed E-state index contributed by atoms with van der Waals surface area (Å²) < 4.78 is 0.923. The molecule has 3 nitrogen and oxygen atoms in total. The quantitative estimate of drug-likeness (QED) is 0.887. The Kier molecular flexibility index (Phi) is 4.86. The highest BCUT2D eigenvalue weighted by molar-refractivity contribution is 9.10. The lowest BCUT2D eigenvalue weighted by molar-refractivity contribution is 0.0812. The average Bonchev–Trinajstić information content (AvgIpc) is 2.44. The van der Waals surface area contributed by atoms with Crippen LogP contribution < -0.4 is 11.1 Å². The maximum absolute atomic E-state index is 12.6. The number of benzene rings is 1. The van der Waals surface area contributed by atoms with Gasteiger partial charge in [-0.15, -0.1) is 0 Å². The van der Waals surface area contributed by atoms with Crippen molar-refractivity contribution in [3.05, 3.63) is 33.8 Å². The van der Waals surface area contributed by atoms with E-state index in [2.05, 4.69) is 28.2 Å². The Bertz CT molecular complexity index is 503. The summed E-state index contributed by atoms with van der Waals surface area (Å²) in [7, 11) is 0. The van der Waals surface area contributed by atoms with Crippen molar-refractivity contribution in [1.29, 1.82) is 0 Å². The van der Waals surface area contributed by atoms with Gasteiger partial charge in [0.05, 0.1) is 5.54 Å². The van der Waals surface area contributed by atoms with Crippen LogP contribution in [0.5, 0.6) is 0 Å². The lowest BCUT2D eigenvalue weighted by atomic mass is 9.73. The number of amides is 1. The van der Waals surface area contributed by atoms with Gasteiger partial charge in [0.25, 0.3) is 5.91 Å². The van der Waals surface area contributed by atoms with Crippen LogP contribution in [0.25, 0.3) is 0 Å². The lowest BCUT2D eigenvalue weighted by Crippen LogP contribution is -2.59. The molecule has 1 fully saturated rings. The molecule has 0 heterocycles. The minimum atomic E-state index is -0.246. The van der Waals surface area contributed by atoms with Gasteiger partial charge in [-0.1, -0.05) is 41.8 Å². The second-order valence-electron chi connectivity index (χ2n) is 5.92. The molecule has 0 aliphatic heterocycles. The van der Waals surface area contributed by atoms with E-state index < -0.39 is 0 Å². The topological polar surface area (TPSA) is 55.1 Å². The van der Waals surface area contributed by atoms with Crippen molar-refractivity contribution >= 4 is 21.8 Å². The molecule has 1 aliphatic rings. The van der Waals surface area contributed by atoms with Gasteiger partial charge >= 0.3 is 0 Å². The number of hydrogen-bond acceptors (Lipinski definition) is 2. The molecule has 4 heteroatoms. The highest BCUT2D eigenvalue weighted by Gasteiger charge is 2.38. The van der Waals surface area contributed by atoms with Crippen molar-refractivity contribution in [3.8, 4) is 0 Å². The van der Waals surface area contributed by atoms with Gasteiger partial charge in [-0.2, -0.15) is 0 Å². The smallest absolute Gasteiger partial charge is 0.252 e. The molecule has 20 heavy (non-hydrogen) atoms. The van der Waals surface area contributed by atoms with Crippen molar-refractivity contribution in [1.82, 2.24) is 5.32 Å². The van der Waals surface area contributed by atoms with Gasteiger partial charge in [-0.05, 0) is 43.4 Å². The number of nitrogens with two attached hydrogens (primary N) is 1. The molecule has 2 rings (SSSR count). The van der Waals surface area contributed by atoms with E-state index >= 15 is 0 Å². The van der Waals surface area contributed by atoms with E-state index in [4.69, 9.17) is 5.73 Å². The summed E-state index contributed by atoms with van der Waals surface area (Å²) in [5, 5.41) is 3.23. The van der Waals surface area contributed by atoms with Gasteiger partial charge in [0, 0.05) is 16.6 Å². The van der Waals surface area contributed by atoms with Crippen molar-refractivity contribution in [3.63, 3.8) is 0 Å². The van der Waals surface area contributed by atoms with E-state index in [1.807, 2.05) is 25.1 Å². The fraction of sp³-hybridized carbons (Fsp3) is 0.562. The molecule has 1 aliphatic carbocycles. The van der Waals surface area contributed by atoms with Crippen molar-refractivity contribution < 1.29 is 4.79 Å². The van der Waals surface area contributed by atoms with Crippen molar-refractivity contribution in [2.24, 2.45) is 11.7 Å². The van der Waals surface area contributed by atoms with Crippen LogP contribution in [0.3, 0.4) is 0 Å². The summed E-state index contributed by atoms with van der Waals surface area (Å²) in [5.74, 6) is 0.417. The van der Waals surface area contributed by atoms with Gasteiger partial charge in [-0.3, -0.25) is 4.79 Å². The lowest BCUT2D eigenvalue weighted by Gasteiger charge is -2.42. The fourth-order valence-electron chi connectivity index (χ4n) is 3.09. The standard InChI is InChI=1S/C16H23BrN2O/c1-11-6-7-13(17)9-14(11)15(20)19-16(10-18)8-4-3-5-12(16)2/h6-7,9,12H,3-5,8,10,18H2,1-2H3,(H,19,20). The Balaban J connectivity index is 2.23. The van der Waals surface area contributed by atoms with E-state index in [0.29, 0.717) is 12.5 Å². The SMILES string of the molecule is Cc1ccc(Br)cc1C(=O)NC1(CN)CCCCC1C. The second kappa shape index (κ2) is 6.27. The van der Waals surface area contributed by atoms with Crippen LogP contribution in [0.2, 0.25) is 0 Å². The van der Waals surface area contributed by atoms with E-state index in [1.54, 1.807) is 0 Å². The highest BCUT2D eigenvalue weighted by Crippen LogP contribution is 2.33. The first-order chi connectivity index (χ1) is 9.48. The summed E-state index contributed by atoms with van der Waals surface area (Å²) in [4.78, 5) is 12.6. The van der Waals surface area contributed by atoms with Gasteiger partial charge in [0.1, 0.15) is 0 Å². The Morgan fingerprint density at radius 1 is 1.50 bits per heavy atom. The number of aryl methyl sites for hydroxylation is 1. The average molecular weight is 339 g/mol. The van der Waals surface area contributed by atoms with Gasteiger partial charge < -0.3 is 11.1 Å². The first kappa shape index (κ1) is 15.5. The number of carbonyl (C=O) groups excluding carboxylic acids is 1. The van der Waals surface area contributed by atoms with Crippen LogP contribution in [0.15, 0.2) is 22.7 Å². The maximum Gasteiger partial charge on any atom is 0.252 e. The molecule has 2 atom stereocenters. The first-order valence-corrected chi connectivity index (χ1v) is 8.06. The third-order valence-electron chi connectivity index (χ3n) is 4.62. The molecule has 1 aromatic rings. The van der Waals surface area contributed by atoms with E-state index in [1.165, 1.54) is 6.42 Å². The number of nitrogens with one attached hydrogen (secondary N) is 1. The van der Waals surface area contributed by atoms with Crippen molar-refractivity contribution in [2.75, 3.05) is 6.54 Å². The van der Waals surface area contributed by atoms with Crippen LogP contribution in [-0.4, -0.2) is 18.0 Å². The zero-order valence-corrected chi connectivity index (χ0v) is 13.8. The fourth-order valence-corrected chi connectivity index (χ4v) is 3.45. The largest absolute Gasteiger partial charge is 0.345 e. The van der Waals surface area contributed by atoms with Crippen LogP contribution >= 0.6 is 15.9 Å². The molecular weight excluding hydrogens is 316 g/mol. The Labute approximate surface area is 129 Å². The summed E-state index contributed by atoms with van der Waals surface area (Å²) in [6.07, 6.45) is 4.48. The Hall–Kier alpha value is -0.870. The molecule has 0 bridgehead atoms. The molecule has 0 aromatic heterocycles. The minimum Gasteiger partial charge on any atom is -0.345 e. The molecule has 1 saturated carbocycles. The monoisotopic (exact) mass is 338 g/mol. The molecular formula is C16H23BrN2O. The number of hydrogen-bond donors (Lipinski definition) is 2. The highest BCUT2D eigenvalue weighted by atomic mass is 79.9. The zero-order chi connectivity index (χ0) is 14.8. The van der Waals surface area contributed by atoms with E-state index in [-0.39, 0.29) is 11.4 Å². The Morgan fingerprint density at radius 3 is 2.90 bits per heavy atom. The van der Waals surface area contributed by atoms with Crippen LogP contribution in [0, 0.1) is 12.8 Å². The van der Waals surface area contributed by atoms with Gasteiger partial charge in [0.2, 0.25) is 0 Å². The maximum atomic E-state index is 12.6. The molecule has 0 saturated heterocycles. The number of carbonyl (C=O) groups is 1. The summed E-state index contributed by atoms with van der Waals surface area (Å²) >= 11 is 3.43. The molecule has 1 amide bonds. The first-order valence-electron chi connectivity index (χ1n) is 7.27. The number of halogens is 1. The molecule has 0 radical (unpaired) electrons. The van der Waals surface area contributed by atoms with E-state index in [9.17, 15) is 4.79 Å². The third-order valence-corrected chi connectivity index (χ3v) is 5.12. The Morgan fingerprint density at radius 2 is 2.25 bits per heavy atom. The van der Waals surface area contributed by atoms with Crippen LogP contribution in [-0.2, 0) is 0 Å². The number of rotatable bonds is 3. The van der Waals surface area contributed by atoms with Gasteiger partial charge in [0.15, 0.2) is 0 Å². The van der Waals surface area contributed by atoms with Crippen LogP contribution in [0.1, 0.15) is 48.5 Å². The summed E-state index contributed by atoms with van der Waals surface area (Å²) in [5.41, 5.74) is 7.47. The molecule has 1 aromatic carbocycles. The summed E-state index contributed by atoms with van der Waals surface area (Å²) in [6, 6.07) is 5.79. The molecule has 110 valence electrons. The molecule has 0 spiro atoms. The van der Waals surface area contributed by atoms with E-state index in [0.717, 1.165) is 34.9 Å². The van der Waals surface area contributed by atoms with Crippen LogP contribution in [0.4, 0.5) is 0 Å².